The predicted octanol–water partition coefficient (Wildman–Crippen LogP) is 0.502. The summed E-state index contributed by atoms with van der Waals surface area (Å²) in [5, 5.41) is 28.7. The van der Waals surface area contributed by atoms with Crippen LogP contribution in [0.5, 0.6) is 0 Å². The van der Waals surface area contributed by atoms with Crippen LogP contribution in [0.1, 0.15) is 21.5 Å². The maximum Gasteiger partial charge on any atom is 0.328 e. The van der Waals surface area contributed by atoms with Crippen LogP contribution in [0.25, 0.3) is 5.76 Å². The van der Waals surface area contributed by atoms with Gasteiger partial charge in [-0.15, -0.1) is 0 Å². The van der Waals surface area contributed by atoms with Crippen LogP contribution in [0.4, 0.5) is 16.2 Å². The third kappa shape index (κ3) is 2.75. The van der Waals surface area contributed by atoms with Crippen molar-refractivity contribution in [1.82, 2.24) is 10.6 Å². The number of nitro groups is 1. The number of carbonyl (C=O) groups is 6. The molecule has 1 aliphatic carbocycles. The van der Waals surface area contributed by atoms with Crippen LogP contribution < -0.4 is 16.0 Å². The van der Waals surface area contributed by atoms with Crippen molar-refractivity contribution in [1.29, 1.82) is 0 Å². The van der Waals surface area contributed by atoms with Crippen molar-refractivity contribution in [2.75, 3.05) is 5.32 Å². The lowest BCUT2D eigenvalue weighted by Crippen LogP contribution is -2.64. The average molecular weight is 476 g/mol. The molecule has 0 bridgehead atoms. The van der Waals surface area contributed by atoms with Gasteiger partial charge in [0, 0.05) is 34.5 Å². The molecule has 2 aliphatic heterocycles. The SMILES string of the molecule is O=C1NC(=O)C(C2(C3=C(O)c4ccccc4C(=O)C3=O)C(=O)Nc3ccc([N+](=O)[O-])cc32)C(=O)N1. The molecule has 13 nitrogen and oxygen atoms in total. The van der Waals surface area contributed by atoms with Crippen LogP contribution in [0.2, 0.25) is 0 Å². The molecule has 1 unspecified atom stereocenters. The first-order chi connectivity index (χ1) is 16.6. The first kappa shape index (κ1) is 21.6. The van der Waals surface area contributed by atoms with Gasteiger partial charge in [-0.2, -0.15) is 0 Å². The van der Waals surface area contributed by atoms with Crippen molar-refractivity contribution in [2.24, 2.45) is 5.92 Å². The number of amides is 5. The average Bonchev–Trinajstić information content (AvgIpc) is 3.08. The Bertz CT molecular complexity index is 1470. The predicted molar refractivity (Wildman–Crippen MR) is 114 cm³/mol. The highest BCUT2D eigenvalue weighted by Crippen LogP contribution is 2.53. The number of nitrogens with zero attached hydrogens (tertiary/aromatic N) is 1. The first-order valence-electron chi connectivity index (χ1n) is 9.97. The van der Waals surface area contributed by atoms with Gasteiger partial charge in [0.05, 0.1) is 10.5 Å². The number of benzene rings is 2. The fourth-order valence-corrected chi connectivity index (χ4v) is 4.75. The molecule has 2 aromatic rings. The van der Waals surface area contributed by atoms with Crippen molar-refractivity contribution < 1.29 is 38.8 Å². The lowest BCUT2D eigenvalue weighted by atomic mass is 9.61. The molecule has 4 N–H and O–H groups in total. The number of aliphatic hydroxyl groups is 1. The summed E-state index contributed by atoms with van der Waals surface area (Å²) >= 11 is 0. The number of barbiturate groups is 1. The number of nitrogens with one attached hydrogen (secondary N) is 3. The van der Waals surface area contributed by atoms with E-state index in [-0.39, 0.29) is 22.4 Å². The number of aliphatic hydroxyl groups excluding tert-OH is 1. The lowest BCUT2D eigenvalue weighted by Gasteiger charge is -2.38. The number of hydrogen-bond donors (Lipinski definition) is 4. The van der Waals surface area contributed by atoms with Crippen molar-refractivity contribution in [3.05, 3.63) is 74.8 Å². The molecule has 2 heterocycles. The number of nitro benzene ring substituents is 1. The Balaban J connectivity index is 1.92. The number of carbonyl (C=O) groups excluding carboxylic acids is 6. The standard InChI is InChI=1S/C22H12N4O9/c27-15-9-3-1-2-4-10(9)16(28)17(29)13(15)22(14-18(30)24-21(33)25-19(14)31)11-7-8(26(34)35)5-6-12(11)23-20(22)32/h1-7,14,27H,(H,23,32)(H2,24,25,30,31,33). The minimum Gasteiger partial charge on any atom is -0.507 e. The zero-order valence-corrected chi connectivity index (χ0v) is 17.3. The normalized spacial score (nSPS) is 21.8. The highest BCUT2D eigenvalue weighted by Gasteiger charge is 2.65. The summed E-state index contributed by atoms with van der Waals surface area (Å²) in [5.74, 6) is -9.39. The molecule has 0 spiro atoms. The van der Waals surface area contributed by atoms with E-state index < -0.39 is 68.6 Å². The highest BCUT2D eigenvalue weighted by molar-refractivity contribution is 6.54. The largest absolute Gasteiger partial charge is 0.507 e. The van der Waals surface area contributed by atoms with Crippen LogP contribution in [-0.2, 0) is 24.6 Å². The molecule has 1 saturated heterocycles. The number of anilines is 1. The van der Waals surface area contributed by atoms with E-state index in [1.165, 1.54) is 24.3 Å². The molecule has 174 valence electrons. The molecule has 1 fully saturated rings. The van der Waals surface area contributed by atoms with Crippen molar-refractivity contribution in [3.8, 4) is 0 Å². The summed E-state index contributed by atoms with van der Waals surface area (Å²) in [5.41, 5.74) is -5.00. The Morgan fingerprint density at radius 3 is 2.11 bits per heavy atom. The summed E-state index contributed by atoms with van der Waals surface area (Å²) < 4.78 is 0. The summed E-state index contributed by atoms with van der Waals surface area (Å²) in [4.78, 5) is 88.2. The number of imide groups is 2. The number of hydrogen-bond acceptors (Lipinski definition) is 9. The molecular weight excluding hydrogens is 464 g/mol. The fourth-order valence-electron chi connectivity index (χ4n) is 4.75. The molecule has 2 aromatic carbocycles. The number of fused-ring (bicyclic) bond motifs is 2. The summed E-state index contributed by atoms with van der Waals surface area (Å²) in [6, 6.07) is 7.26. The third-order valence-corrected chi connectivity index (χ3v) is 6.17. The summed E-state index contributed by atoms with van der Waals surface area (Å²) in [6.07, 6.45) is 0. The van der Waals surface area contributed by atoms with E-state index in [1.807, 2.05) is 10.6 Å². The Labute approximate surface area is 193 Å². The molecular formula is C22H12N4O9. The van der Waals surface area contributed by atoms with Crippen LogP contribution in [-0.4, -0.2) is 45.3 Å². The quantitative estimate of drug-likeness (QED) is 0.211. The van der Waals surface area contributed by atoms with Gasteiger partial charge < -0.3 is 10.4 Å². The molecule has 0 radical (unpaired) electrons. The van der Waals surface area contributed by atoms with E-state index >= 15 is 0 Å². The van der Waals surface area contributed by atoms with Crippen LogP contribution >= 0.6 is 0 Å². The fraction of sp³-hybridized carbons (Fsp3) is 0.0909. The van der Waals surface area contributed by atoms with Crippen molar-refractivity contribution in [2.45, 2.75) is 5.41 Å². The minimum absolute atomic E-state index is 0.0995. The Hall–Kier alpha value is -5.20. The number of non-ortho nitro benzene ring substituents is 1. The molecule has 0 saturated carbocycles. The van der Waals surface area contributed by atoms with Gasteiger partial charge in [0.15, 0.2) is 0 Å². The van der Waals surface area contributed by atoms with Gasteiger partial charge in [-0.05, 0) is 6.07 Å². The van der Waals surface area contributed by atoms with Gasteiger partial charge in [0.2, 0.25) is 29.3 Å². The Morgan fingerprint density at radius 2 is 1.49 bits per heavy atom. The van der Waals surface area contributed by atoms with E-state index in [1.54, 1.807) is 0 Å². The van der Waals surface area contributed by atoms with E-state index in [9.17, 15) is 44.0 Å². The maximum absolute atomic E-state index is 13.6. The number of ketones is 2. The first-order valence-corrected chi connectivity index (χ1v) is 9.97. The van der Waals surface area contributed by atoms with E-state index in [4.69, 9.17) is 0 Å². The van der Waals surface area contributed by atoms with Crippen molar-refractivity contribution >= 4 is 52.5 Å². The second-order valence-corrected chi connectivity index (χ2v) is 7.92. The molecule has 35 heavy (non-hydrogen) atoms. The highest BCUT2D eigenvalue weighted by atomic mass is 16.6. The van der Waals surface area contributed by atoms with Gasteiger partial charge >= 0.3 is 6.03 Å². The van der Waals surface area contributed by atoms with Crippen molar-refractivity contribution in [3.63, 3.8) is 0 Å². The zero-order chi connectivity index (χ0) is 25.2. The summed E-state index contributed by atoms with van der Waals surface area (Å²) in [6.45, 7) is 0. The Kier molecular flexibility index (Phi) is 4.42. The Morgan fingerprint density at radius 1 is 0.857 bits per heavy atom. The maximum atomic E-state index is 13.6. The van der Waals surface area contributed by atoms with E-state index in [2.05, 4.69) is 5.32 Å². The van der Waals surface area contributed by atoms with Gasteiger partial charge in [-0.25, -0.2) is 4.79 Å². The zero-order valence-electron chi connectivity index (χ0n) is 17.3. The second kappa shape index (κ2) is 7.15. The molecule has 0 aromatic heterocycles. The third-order valence-electron chi connectivity index (χ3n) is 6.17. The lowest BCUT2D eigenvalue weighted by molar-refractivity contribution is -0.384. The van der Waals surface area contributed by atoms with Gasteiger partial charge in [-0.1, -0.05) is 24.3 Å². The van der Waals surface area contributed by atoms with E-state index in [0.717, 1.165) is 18.2 Å². The minimum atomic E-state index is -2.72. The summed E-state index contributed by atoms with van der Waals surface area (Å²) in [7, 11) is 0. The smallest absolute Gasteiger partial charge is 0.328 e. The topological polar surface area (TPSA) is 202 Å². The number of rotatable bonds is 3. The van der Waals surface area contributed by atoms with Gasteiger partial charge in [0.25, 0.3) is 5.69 Å². The van der Waals surface area contributed by atoms with Gasteiger partial charge in [-0.3, -0.25) is 44.7 Å². The molecule has 3 aliphatic rings. The van der Waals surface area contributed by atoms with Crippen LogP contribution in [0.3, 0.4) is 0 Å². The molecule has 5 rings (SSSR count). The van der Waals surface area contributed by atoms with E-state index in [0.29, 0.717) is 0 Å². The number of Topliss-reactive ketones (excluding diaryl/α,β-unsaturated/α-hetero) is 2. The monoisotopic (exact) mass is 476 g/mol. The van der Waals surface area contributed by atoms with Crippen LogP contribution in [0.15, 0.2) is 48.0 Å². The molecule has 13 heteroatoms. The number of urea groups is 1. The van der Waals surface area contributed by atoms with Crippen LogP contribution in [0, 0.1) is 16.0 Å². The molecule has 1 atom stereocenters. The molecule has 5 amide bonds. The van der Waals surface area contributed by atoms with Gasteiger partial charge in [0.1, 0.15) is 17.1 Å². The second-order valence-electron chi connectivity index (χ2n) is 7.92.